The second-order valence-electron chi connectivity index (χ2n) is 10.2. The molecule has 1 unspecified atom stereocenters. The molecular formula is C27H33N7O2. The minimum absolute atomic E-state index is 0.0850. The molecule has 0 bridgehead atoms. The van der Waals surface area contributed by atoms with Crippen LogP contribution in [-0.2, 0) is 13.1 Å². The maximum absolute atomic E-state index is 13.9. The minimum atomic E-state index is -0.465. The van der Waals surface area contributed by atoms with Gasteiger partial charge in [-0.1, -0.05) is 18.1 Å². The summed E-state index contributed by atoms with van der Waals surface area (Å²) >= 11 is 0. The van der Waals surface area contributed by atoms with E-state index in [0.717, 1.165) is 42.5 Å². The van der Waals surface area contributed by atoms with Crippen LogP contribution in [0.5, 0.6) is 5.75 Å². The highest BCUT2D eigenvalue weighted by molar-refractivity contribution is 5.89. The second kappa shape index (κ2) is 9.43. The molecule has 36 heavy (non-hydrogen) atoms. The second-order valence-corrected chi connectivity index (χ2v) is 10.2. The SMILES string of the molecule is CC#CCn1c(N2CCCC(N)C2)nc2c(C)nn(CC3=Nc4ccccc4OC(C)(C)C3)c(=O)c21. The van der Waals surface area contributed by atoms with Crippen LogP contribution in [0.3, 0.4) is 0 Å². The van der Waals surface area contributed by atoms with Gasteiger partial charge in [-0.05, 0) is 52.7 Å². The van der Waals surface area contributed by atoms with Crippen LogP contribution < -0.4 is 20.9 Å². The molecule has 0 amide bonds. The van der Waals surface area contributed by atoms with Crippen molar-refractivity contribution in [2.75, 3.05) is 18.0 Å². The summed E-state index contributed by atoms with van der Waals surface area (Å²) < 4.78 is 9.64. The van der Waals surface area contributed by atoms with Crippen LogP contribution in [0.2, 0.25) is 0 Å². The highest BCUT2D eigenvalue weighted by atomic mass is 16.5. The predicted molar refractivity (Wildman–Crippen MR) is 142 cm³/mol. The molecule has 4 heterocycles. The Morgan fingerprint density at radius 3 is 2.86 bits per heavy atom. The Kier molecular flexibility index (Phi) is 6.31. The largest absolute Gasteiger partial charge is 0.485 e. The Labute approximate surface area is 211 Å². The average Bonchev–Trinajstić information content (AvgIpc) is 3.15. The summed E-state index contributed by atoms with van der Waals surface area (Å²) in [6.07, 6.45) is 2.55. The van der Waals surface area contributed by atoms with Gasteiger partial charge in [-0.15, -0.1) is 5.92 Å². The van der Waals surface area contributed by atoms with Crippen molar-refractivity contribution in [3.05, 3.63) is 40.3 Å². The zero-order valence-corrected chi connectivity index (χ0v) is 21.4. The zero-order chi connectivity index (χ0) is 25.4. The Morgan fingerprint density at radius 1 is 1.28 bits per heavy atom. The van der Waals surface area contributed by atoms with E-state index >= 15 is 0 Å². The van der Waals surface area contributed by atoms with Gasteiger partial charge in [0.1, 0.15) is 28.1 Å². The number of rotatable bonds is 4. The molecular weight excluding hydrogens is 454 g/mol. The Balaban J connectivity index is 1.61. The van der Waals surface area contributed by atoms with E-state index in [9.17, 15) is 4.79 Å². The molecule has 9 heteroatoms. The summed E-state index contributed by atoms with van der Waals surface area (Å²) in [7, 11) is 0. The van der Waals surface area contributed by atoms with E-state index in [1.807, 2.05) is 49.6 Å². The van der Waals surface area contributed by atoms with Crippen LogP contribution in [0.1, 0.15) is 45.7 Å². The minimum Gasteiger partial charge on any atom is -0.485 e. The van der Waals surface area contributed by atoms with Crippen molar-refractivity contribution in [2.45, 2.75) is 71.7 Å². The molecule has 2 aliphatic heterocycles. The van der Waals surface area contributed by atoms with Crippen molar-refractivity contribution in [2.24, 2.45) is 10.7 Å². The van der Waals surface area contributed by atoms with Crippen molar-refractivity contribution in [1.82, 2.24) is 19.3 Å². The van der Waals surface area contributed by atoms with Gasteiger partial charge in [0, 0.05) is 31.3 Å². The molecule has 1 fully saturated rings. The van der Waals surface area contributed by atoms with Crippen LogP contribution in [-0.4, -0.2) is 49.8 Å². The summed E-state index contributed by atoms with van der Waals surface area (Å²) in [5, 5.41) is 4.65. The number of hydrogen-bond donors (Lipinski definition) is 1. The standard InChI is InChI=1S/C27H33N7O2/c1-5-6-14-33-24-23(30-26(33)32-13-9-10-19(28)16-32)18(2)31-34(25(24)35)17-20-15-27(3,4)36-22-12-8-7-11-21(22)29-20/h7-8,11-12,19H,9-10,13-17,28H2,1-4H3. The van der Waals surface area contributed by atoms with Crippen molar-refractivity contribution in [3.8, 4) is 17.6 Å². The molecule has 2 aliphatic rings. The van der Waals surface area contributed by atoms with E-state index in [-0.39, 0.29) is 18.1 Å². The Hall–Kier alpha value is -3.64. The first-order chi connectivity index (χ1) is 17.3. The number of anilines is 1. The Bertz CT molecular complexity index is 1450. The molecule has 2 aromatic heterocycles. The number of nitrogens with two attached hydrogens (primary N) is 1. The average molecular weight is 488 g/mol. The number of benzene rings is 1. The lowest BCUT2D eigenvalue weighted by atomic mass is 10.0. The fourth-order valence-electron chi connectivity index (χ4n) is 5.09. The topological polar surface area (TPSA) is 104 Å². The zero-order valence-electron chi connectivity index (χ0n) is 21.4. The molecule has 1 atom stereocenters. The quantitative estimate of drug-likeness (QED) is 0.567. The first kappa shape index (κ1) is 24.1. The van der Waals surface area contributed by atoms with E-state index in [4.69, 9.17) is 20.4 Å². The van der Waals surface area contributed by atoms with Gasteiger partial charge in [-0.2, -0.15) is 5.10 Å². The molecule has 9 nitrogen and oxygen atoms in total. The summed E-state index contributed by atoms with van der Waals surface area (Å²) in [5.74, 6) is 7.54. The predicted octanol–water partition coefficient (Wildman–Crippen LogP) is 3.19. The maximum Gasteiger partial charge on any atom is 0.293 e. The van der Waals surface area contributed by atoms with E-state index < -0.39 is 5.60 Å². The van der Waals surface area contributed by atoms with E-state index in [0.29, 0.717) is 36.2 Å². The van der Waals surface area contributed by atoms with Crippen molar-refractivity contribution in [1.29, 1.82) is 0 Å². The Morgan fingerprint density at radius 2 is 2.08 bits per heavy atom. The fraction of sp³-hybridized carbons (Fsp3) is 0.481. The van der Waals surface area contributed by atoms with E-state index in [1.54, 1.807) is 6.92 Å². The van der Waals surface area contributed by atoms with Gasteiger partial charge in [-0.25, -0.2) is 9.67 Å². The van der Waals surface area contributed by atoms with E-state index in [2.05, 4.69) is 21.8 Å². The maximum atomic E-state index is 13.9. The molecule has 0 spiro atoms. The van der Waals surface area contributed by atoms with Crippen LogP contribution in [0.15, 0.2) is 34.1 Å². The number of aryl methyl sites for hydroxylation is 1. The van der Waals surface area contributed by atoms with Crippen LogP contribution >= 0.6 is 0 Å². The normalized spacial score (nSPS) is 19.1. The van der Waals surface area contributed by atoms with Crippen LogP contribution in [0.25, 0.3) is 11.0 Å². The third-order valence-corrected chi connectivity index (χ3v) is 6.64. The summed E-state index contributed by atoms with van der Waals surface area (Å²) in [6.45, 7) is 9.95. The third-order valence-electron chi connectivity index (χ3n) is 6.64. The summed E-state index contributed by atoms with van der Waals surface area (Å²) in [5.41, 5.74) is 9.01. The fourth-order valence-corrected chi connectivity index (χ4v) is 5.09. The number of ether oxygens (including phenoxy) is 1. The number of piperidine rings is 1. The molecule has 0 radical (unpaired) electrons. The monoisotopic (exact) mass is 487 g/mol. The molecule has 2 N–H and O–H groups in total. The molecule has 3 aromatic rings. The number of aliphatic imine (C=N–C) groups is 1. The van der Waals surface area contributed by atoms with Gasteiger partial charge >= 0.3 is 0 Å². The van der Waals surface area contributed by atoms with Crippen molar-refractivity contribution >= 4 is 28.4 Å². The highest BCUT2D eigenvalue weighted by Crippen LogP contribution is 2.35. The van der Waals surface area contributed by atoms with Crippen LogP contribution in [0.4, 0.5) is 11.6 Å². The van der Waals surface area contributed by atoms with Gasteiger partial charge in [0.25, 0.3) is 5.56 Å². The number of aromatic nitrogens is 4. The smallest absolute Gasteiger partial charge is 0.293 e. The number of nitrogens with zero attached hydrogens (tertiary/aromatic N) is 6. The first-order valence-corrected chi connectivity index (χ1v) is 12.5. The first-order valence-electron chi connectivity index (χ1n) is 12.5. The van der Waals surface area contributed by atoms with Crippen molar-refractivity contribution < 1.29 is 4.74 Å². The van der Waals surface area contributed by atoms with E-state index in [1.165, 1.54) is 4.68 Å². The molecule has 5 rings (SSSR count). The van der Waals surface area contributed by atoms with Gasteiger partial charge in [0.2, 0.25) is 5.95 Å². The van der Waals surface area contributed by atoms with Crippen LogP contribution in [0, 0.1) is 18.8 Å². The third kappa shape index (κ3) is 4.61. The lowest BCUT2D eigenvalue weighted by Gasteiger charge is -2.31. The molecule has 0 aliphatic carbocycles. The molecule has 1 aromatic carbocycles. The molecule has 1 saturated heterocycles. The number of hydrogen-bond acceptors (Lipinski definition) is 7. The molecule has 188 valence electrons. The van der Waals surface area contributed by atoms with Crippen molar-refractivity contribution in [3.63, 3.8) is 0 Å². The van der Waals surface area contributed by atoms with Gasteiger partial charge in [0.05, 0.1) is 18.8 Å². The number of imidazole rings is 1. The summed E-state index contributed by atoms with van der Waals surface area (Å²) in [6, 6.07) is 7.80. The lowest BCUT2D eigenvalue weighted by molar-refractivity contribution is 0.120. The lowest BCUT2D eigenvalue weighted by Crippen LogP contribution is -2.44. The van der Waals surface area contributed by atoms with Gasteiger partial charge in [-0.3, -0.25) is 14.4 Å². The van der Waals surface area contributed by atoms with Gasteiger partial charge in [0.15, 0.2) is 0 Å². The molecule has 0 saturated carbocycles. The highest BCUT2D eigenvalue weighted by Gasteiger charge is 2.29. The number of para-hydroxylation sites is 2. The van der Waals surface area contributed by atoms with Gasteiger partial charge < -0.3 is 15.4 Å². The number of fused-ring (bicyclic) bond motifs is 2. The summed E-state index contributed by atoms with van der Waals surface area (Å²) in [4.78, 5) is 25.8.